The topological polar surface area (TPSA) is 116 Å². The zero-order valence-corrected chi connectivity index (χ0v) is 19.8. The van der Waals surface area contributed by atoms with Crippen LogP contribution in [0.25, 0.3) is 22.3 Å². The van der Waals surface area contributed by atoms with Crippen molar-refractivity contribution < 1.29 is 22.3 Å². The van der Waals surface area contributed by atoms with Crippen molar-refractivity contribution in [2.45, 2.75) is 23.8 Å². The fourth-order valence-electron chi connectivity index (χ4n) is 3.66. The minimum atomic E-state index is -4.21. The predicted octanol–water partition coefficient (Wildman–Crippen LogP) is 4.24. The van der Waals surface area contributed by atoms with Crippen molar-refractivity contribution in [3.63, 3.8) is 0 Å². The van der Waals surface area contributed by atoms with Crippen LogP contribution in [-0.2, 0) is 14.8 Å². The Morgan fingerprint density at radius 2 is 1.91 bits per heavy atom. The van der Waals surface area contributed by atoms with Gasteiger partial charge in [0.2, 0.25) is 5.88 Å². The number of ether oxygens (including phenoxy) is 2. The molecular formula is C23H19ClFN5O4S. The largest absolute Gasteiger partial charge is 0.473 e. The quantitative estimate of drug-likeness (QED) is 0.405. The van der Waals surface area contributed by atoms with Gasteiger partial charge in [0.25, 0.3) is 10.0 Å². The molecule has 1 aliphatic rings. The molecule has 9 nitrogen and oxygen atoms in total. The number of fused-ring (bicyclic) bond motifs is 1. The summed E-state index contributed by atoms with van der Waals surface area (Å²) in [5.41, 5.74) is 2.26. The molecule has 180 valence electrons. The summed E-state index contributed by atoms with van der Waals surface area (Å²) in [6.07, 6.45) is 5.76. The normalized spacial score (nSPS) is 14.7. The van der Waals surface area contributed by atoms with E-state index in [9.17, 15) is 12.8 Å². The number of hydrogen-bond acceptors (Lipinski definition) is 8. The van der Waals surface area contributed by atoms with Gasteiger partial charge in [-0.05, 0) is 36.4 Å². The Balaban J connectivity index is 1.45. The molecule has 1 N–H and O–H groups in total. The highest BCUT2D eigenvalue weighted by molar-refractivity contribution is 7.92. The van der Waals surface area contributed by atoms with Crippen molar-refractivity contribution in [2.75, 3.05) is 17.9 Å². The second kappa shape index (κ2) is 9.68. The van der Waals surface area contributed by atoms with Crippen LogP contribution >= 0.6 is 11.6 Å². The summed E-state index contributed by atoms with van der Waals surface area (Å²) >= 11 is 5.73. The van der Waals surface area contributed by atoms with Crippen LogP contribution in [0.5, 0.6) is 5.88 Å². The highest BCUT2D eigenvalue weighted by Crippen LogP contribution is 2.28. The summed E-state index contributed by atoms with van der Waals surface area (Å²) in [4.78, 5) is 16.8. The second-order valence-corrected chi connectivity index (χ2v) is 9.90. The van der Waals surface area contributed by atoms with Crippen LogP contribution in [0.3, 0.4) is 0 Å². The van der Waals surface area contributed by atoms with Gasteiger partial charge in [0.15, 0.2) is 5.52 Å². The predicted molar refractivity (Wildman–Crippen MR) is 127 cm³/mol. The van der Waals surface area contributed by atoms with Crippen LogP contribution in [0.4, 0.5) is 10.1 Å². The molecule has 35 heavy (non-hydrogen) atoms. The van der Waals surface area contributed by atoms with E-state index in [1.54, 1.807) is 18.2 Å². The maximum absolute atomic E-state index is 14.2. The Hall–Kier alpha value is -3.41. The lowest BCUT2D eigenvalue weighted by atomic mass is 10.1. The number of hydrogen-bond donors (Lipinski definition) is 1. The Morgan fingerprint density at radius 3 is 2.71 bits per heavy atom. The summed E-state index contributed by atoms with van der Waals surface area (Å²) in [5.74, 6) is -0.589. The summed E-state index contributed by atoms with van der Waals surface area (Å²) < 4.78 is 53.4. The first-order chi connectivity index (χ1) is 16.9. The Bertz CT molecular complexity index is 1500. The molecular weight excluding hydrogens is 497 g/mol. The van der Waals surface area contributed by atoms with Crippen LogP contribution < -0.4 is 9.46 Å². The van der Waals surface area contributed by atoms with E-state index < -0.39 is 20.7 Å². The SMILES string of the molecule is O=S(=O)(Nc1cncc(-c2ccc3ncnc(OC4CCOCC4)c3n2)c1)c1ccc(Cl)cc1F. The molecule has 5 rings (SSSR count). The minimum Gasteiger partial charge on any atom is -0.473 e. The van der Waals surface area contributed by atoms with Crippen LogP contribution in [0, 0.1) is 5.82 Å². The van der Waals surface area contributed by atoms with Gasteiger partial charge in [-0.1, -0.05) is 11.6 Å². The molecule has 0 spiro atoms. The van der Waals surface area contributed by atoms with Crippen molar-refractivity contribution in [1.29, 1.82) is 0 Å². The molecule has 1 aliphatic heterocycles. The smallest absolute Gasteiger partial charge is 0.264 e. The molecule has 0 aliphatic carbocycles. The standard InChI is InChI=1S/C23H19ClFN5O4S/c24-15-1-4-21(18(25)10-15)35(31,32)30-16-9-14(11-26-12-16)19-2-3-20-22(29-19)23(28-13-27-20)34-17-5-7-33-8-6-17/h1-4,9-13,17,30H,5-8H2. The fourth-order valence-corrected chi connectivity index (χ4v) is 4.91. The number of anilines is 1. The van der Waals surface area contributed by atoms with Gasteiger partial charge in [-0.25, -0.2) is 22.8 Å². The summed E-state index contributed by atoms with van der Waals surface area (Å²) in [5, 5.41) is 0.0941. The minimum absolute atomic E-state index is 0.0278. The third-order valence-electron chi connectivity index (χ3n) is 5.36. The van der Waals surface area contributed by atoms with Crippen molar-refractivity contribution in [3.05, 3.63) is 66.0 Å². The molecule has 3 aromatic heterocycles. The molecule has 0 bridgehead atoms. The van der Waals surface area contributed by atoms with Gasteiger partial charge in [-0.15, -0.1) is 0 Å². The van der Waals surface area contributed by atoms with Crippen molar-refractivity contribution in [2.24, 2.45) is 0 Å². The van der Waals surface area contributed by atoms with Gasteiger partial charge in [0.1, 0.15) is 23.1 Å². The van der Waals surface area contributed by atoms with E-state index in [1.165, 1.54) is 24.8 Å². The Labute approximate surface area is 205 Å². The summed E-state index contributed by atoms with van der Waals surface area (Å²) in [7, 11) is -4.21. The molecule has 0 radical (unpaired) electrons. The Kier molecular flexibility index (Phi) is 6.46. The molecule has 1 aromatic carbocycles. The monoisotopic (exact) mass is 515 g/mol. The average Bonchev–Trinajstić information content (AvgIpc) is 2.84. The lowest BCUT2D eigenvalue weighted by Gasteiger charge is -2.22. The lowest BCUT2D eigenvalue weighted by Crippen LogP contribution is -2.26. The number of aromatic nitrogens is 4. The molecule has 4 aromatic rings. The average molecular weight is 516 g/mol. The summed E-state index contributed by atoms with van der Waals surface area (Å²) in [6, 6.07) is 8.40. The van der Waals surface area contributed by atoms with E-state index in [1.807, 2.05) is 0 Å². The molecule has 4 heterocycles. The maximum Gasteiger partial charge on any atom is 0.264 e. The van der Waals surface area contributed by atoms with Crippen LogP contribution in [0.2, 0.25) is 5.02 Å². The highest BCUT2D eigenvalue weighted by atomic mass is 35.5. The third-order valence-corrected chi connectivity index (χ3v) is 7.01. The van der Waals surface area contributed by atoms with Crippen molar-refractivity contribution in [3.8, 4) is 17.1 Å². The van der Waals surface area contributed by atoms with Gasteiger partial charge in [-0.2, -0.15) is 4.98 Å². The number of halogens is 2. The maximum atomic E-state index is 14.2. The molecule has 0 amide bonds. The van der Waals surface area contributed by atoms with Gasteiger partial charge < -0.3 is 9.47 Å². The zero-order chi connectivity index (χ0) is 24.4. The van der Waals surface area contributed by atoms with E-state index in [2.05, 4.69) is 24.7 Å². The van der Waals surface area contributed by atoms with E-state index in [-0.39, 0.29) is 16.8 Å². The molecule has 0 saturated carbocycles. The number of pyridine rings is 2. The van der Waals surface area contributed by atoms with Crippen molar-refractivity contribution in [1.82, 2.24) is 19.9 Å². The van der Waals surface area contributed by atoms with Gasteiger partial charge >= 0.3 is 0 Å². The van der Waals surface area contributed by atoms with Gasteiger partial charge in [0.05, 0.1) is 36.3 Å². The highest BCUT2D eigenvalue weighted by Gasteiger charge is 2.21. The van der Waals surface area contributed by atoms with Crippen LogP contribution in [0.1, 0.15) is 12.8 Å². The van der Waals surface area contributed by atoms with E-state index >= 15 is 0 Å². The molecule has 0 unspecified atom stereocenters. The molecule has 1 saturated heterocycles. The number of nitrogens with one attached hydrogen (secondary N) is 1. The van der Waals surface area contributed by atoms with Crippen molar-refractivity contribution >= 4 is 38.3 Å². The first-order valence-corrected chi connectivity index (χ1v) is 12.5. The van der Waals surface area contributed by atoms with E-state index in [0.29, 0.717) is 41.4 Å². The van der Waals surface area contributed by atoms with E-state index in [0.717, 1.165) is 25.0 Å². The summed E-state index contributed by atoms with van der Waals surface area (Å²) in [6.45, 7) is 1.25. The lowest BCUT2D eigenvalue weighted by molar-refractivity contribution is 0.0243. The molecule has 1 fully saturated rings. The first-order valence-electron chi connectivity index (χ1n) is 10.7. The van der Waals surface area contributed by atoms with Gasteiger partial charge in [0, 0.05) is 29.6 Å². The van der Waals surface area contributed by atoms with E-state index in [4.69, 9.17) is 21.1 Å². The number of rotatable bonds is 6. The van der Waals surface area contributed by atoms with Crippen LogP contribution in [0.15, 0.2) is 60.0 Å². The first kappa shape index (κ1) is 23.3. The van der Waals surface area contributed by atoms with Gasteiger partial charge in [-0.3, -0.25) is 9.71 Å². The number of nitrogens with zero attached hydrogens (tertiary/aromatic N) is 4. The number of benzene rings is 1. The zero-order valence-electron chi connectivity index (χ0n) is 18.2. The Morgan fingerprint density at radius 1 is 1.09 bits per heavy atom. The fraction of sp³-hybridized carbons (Fsp3) is 0.217. The molecule has 12 heteroatoms. The third kappa shape index (κ3) is 5.16. The molecule has 0 atom stereocenters. The second-order valence-electron chi connectivity index (χ2n) is 7.82. The van der Waals surface area contributed by atoms with Crippen LogP contribution in [-0.4, -0.2) is 47.7 Å². The number of sulfonamides is 1.